The molecule has 0 bridgehead atoms. The van der Waals surface area contributed by atoms with Gasteiger partial charge in [-0.1, -0.05) is 34.8 Å². The Morgan fingerprint density at radius 1 is 1.11 bits per heavy atom. The van der Waals surface area contributed by atoms with Crippen LogP contribution in [-0.2, 0) is 4.79 Å². The van der Waals surface area contributed by atoms with Crippen molar-refractivity contribution in [2.75, 3.05) is 6.61 Å². The summed E-state index contributed by atoms with van der Waals surface area (Å²) in [4.78, 5) is 11.8. The largest absolute Gasteiger partial charge is 0.483 e. The van der Waals surface area contributed by atoms with Crippen LogP contribution in [-0.4, -0.2) is 18.7 Å². The van der Waals surface area contributed by atoms with Crippen LogP contribution in [0.25, 0.3) is 11.3 Å². The summed E-state index contributed by atoms with van der Waals surface area (Å²) in [5.74, 6) is 1.08. The molecule has 144 valence electrons. The van der Waals surface area contributed by atoms with Gasteiger partial charge in [0.1, 0.15) is 17.3 Å². The minimum Gasteiger partial charge on any atom is -0.483 e. The average molecular weight is 503 g/mol. The molecule has 0 aliphatic carbocycles. The first-order valence-electron chi connectivity index (χ1n) is 7.87. The van der Waals surface area contributed by atoms with Crippen LogP contribution in [0.4, 0.5) is 0 Å². The van der Waals surface area contributed by atoms with Gasteiger partial charge < -0.3 is 9.15 Å². The molecule has 3 rings (SSSR count). The van der Waals surface area contributed by atoms with Gasteiger partial charge in [0.2, 0.25) is 0 Å². The highest BCUT2D eigenvalue weighted by Crippen LogP contribution is 2.31. The van der Waals surface area contributed by atoms with Crippen molar-refractivity contribution in [1.29, 1.82) is 0 Å². The van der Waals surface area contributed by atoms with E-state index in [1.165, 1.54) is 6.21 Å². The van der Waals surface area contributed by atoms with E-state index in [0.717, 1.165) is 0 Å². The van der Waals surface area contributed by atoms with E-state index in [2.05, 4.69) is 26.5 Å². The molecule has 28 heavy (non-hydrogen) atoms. The van der Waals surface area contributed by atoms with Gasteiger partial charge >= 0.3 is 0 Å². The molecule has 0 unspecified atom stereocenters. The first-order valence-corrected chi connectivity index (χ1v) is 9.80. The van der Waals surface area contributed by atoms with Crippen LogP contribution in [0.2, 0.25) is 15.1 Å². The Balaban J connectivity index is 1.54. The number of hydrogen-bond acceptors (Lipinski definition) is 4. The topological polar surface area (TPSA) is 63.8 Å². The zero-order valence-corrected chi connectivity index (χ0v) is 17.9. The number of benzene rings is 2. The van der Waals surface area contributed by atoms with Gasteiger partial charge in [0.05, 0.1) is 15.7 Å². The summed E-state index contributed by atoms with van der Waals surface area (Å²) in [7, 11) is 0. The lowest BCUT2D eigenvalue weighted by atomic mass is 10.2. The maximum Gasteiger partial charge on any atom is 0.277 e. The molecule has 0 spiro atoms. The molecular weight excluding hydrogens is 490 g/mol. The normalized spacial score (nSPS) is 11.0. The summed E-state index contributed by atoms with van der Waals surface area (Å²) >= 11 is 21.2. The van der Waals surface area contributed by atoms with E-state index in [1.54, 1.807) is 48.5 Å². The first-order chi connectivity index (χ1) is 13.4. The van der Waals surface area contributed by atoms with E-state index < -0.39 is 5.91 Å². The number of amides is 1. The predicted octanol–water partition coefficient (Wildman–Crippen LogP) is 6.20. The number of ether oxygens (including phenoxy) is 1. The fourth-order valence-corrected chi connectivity index (χ4v) is 3.49. The van der Waals surface area contributed by atoms with Gasteiger partial charge in [-0.25, -0.2) is 5.43 Å². The fraction of sp³-hybridized carbons (Fsp3) is 0.0526. The lowest BCUT2D eigenvalue weighted by Gasteiger charge is -2.07. The molecule has 5 nitrogen and oxygen atoms in total. The van der Waals surface area contributed by atoms with E-state index in [1.807, 2.05) is 0 Å². The highest BCUT2D eigenvalue weighted by atomic mass is 79.9. The van der Waals surface area contributed by atoms with Crippen molar-refractivity contribution in [2.45, 2.75) is 0 Å². The monoisotopic (exact) mass is 500 g/mol. The summed E-state index contributed by atoms with van der Waals surface area (Å²) in [5.41, 5.74) is 3.07. The maximum atomic E-state index is 11.8. The maximum absolute atomic E-state index is 11.8. The smallest absolute Gasteiger partial charge is 0.277 e. The summed E-state index contributed by atoms with van der Waals surface area (Å²) in [6, 6.07) is 13.6. The van der Waals surface area contributed by atoms with Crippen molar-refractivity contribution >= 4 is 62.9 Å². The lowest BCUT2D eigenvalue weighted by molar-refractivity contribution is -0.123. The minimum atomic E-state index is -0.425. The van der Waals surface area contributed by atoms with Crippen LogP contribution >= 0.6 is 50.7 Å². The zero-order valence-electron chi connectivity index (χ0n) is 14.1. The molecule has 1 amide bonds. The third-order valence-electron chi connectivity index (χ3n) is 3.46. The second-order valence-corrected chi connectivity index (χ2v) is 7.62. The SMILES string of the molecule is O=C(COc1ccc(Cl)cc1Br)N/N=C/c1ccc(-c2ccc(Cl)cc2Cl)o1. The summed E-state index contributed by atoms with van der Waals surface area (Å²) in [6.07, 6.45) is 1.38. The third kappa shape index (κ3) is 5.52. The van der Waals surface area contributed by atoms with Gasteiger partial charge in [-0.15, -0.1) is 0 Å². The molecule has 0 fully saturated rings. The Bertz CT molecular complexity index is 1040. The van der Waals surface area contributed by atoms with E-state index in [0.29, 0.717) is 42.4 Å². The van der Waals surface area contributed by atoms with Gasteiger partial charge in [0.15, 0.2) is 6.61 Å². The fourth-order valence-electron chi connectivity index (χ4n) is 2.19. The Morgan fingerprint density at radius 3 is 2.61 bits per heavy atom. The molecule has 1 N–H and O–H groups in total. The number of nitrogens with zero attached hydrogens (tertiary/aromatic N) is 1. The lowest BCUT2D eigenvalue weighted by Crippen LogP contribution is -2.24. The first kappa shape index (κ1) is 20.7. The van der Waals surface area contributed by atoms with Crippen LogP contribution in [0.3, 0.4) is 0 Å². The summed E-state index contributed by atoms with van der Waals surface area (Å²) in [6.45, 7) is -0.207. The van der Waals surface area contributed by atoms with Crippen molar-refractivity contribution in [3.63, 3.8) is 0 Å². The third-order valence-corrected chi connectivity index (χ3v) is 4.86. The molecule has 0 saturated carbocycles. The van der Waals surface area contributed by atoms with Crippen molar-refractivity contribution in [3.8, 4) is 17.1 Å². The zero-order chi connectivity index (χ0) is 20.1. The van der Waals surface area contributed by atoms with Crippen LogP contribution in [0.1, 0.15) is 5.76 Å². The Kier molecular flexibility index (Phi) is 7.02. The summed E-state index contributed by atoms with van der Waals surface area (Å²) in [5, 5.41) is 5.43. The molecular formula is C19H12BrCl3N2O3. The Morgan fingerprint density at radius 2 is 1.86 bits per heavy atom. The highest BCUT2D eigenvalue weighted by Gasteiger charge is 2.09. The van der Waals surface area contributed by atoms with Crippen molar-refractivity contribution in [2.24, 2.45) is 5.10 Å². The highest BCUT2D eigenvalue weighted by molar-refractivity contribution is 9.10. The number of hydrogen-bond donors (Lipinski definition) is 1. The van der Waals surface area contributed by atoms with E-state index >= 15 is 0 Å². The molecule has 0 radical (unpaired) electrons. The number of nitrogens with one attached hydrogen (secondary N) is 1. The number of rotatable bonds is 6. The van der Waals surface area contributed by atoms with E-state index in [4.69, 9.17) is 44.0 Å². The van der Waals surface area contributed by atoms with Gasteiger partial charge in [-0.3, -0.25) is 4.79 Å². The Labute approximate surface area is 184 Å². The van der Waals surface area contributed by atoms with Crippen LogP contribution in [0, 0.1) is 0 Å². The molecule has 0 saturated heterocycles. The van der Waals surface area contributed by atoms with Gasteiger partial charge in [-0.2, -0.15) is 5.10 Å². The Hall–Kier alpha value is -1.99. The molecule has 0 aliphatic heterocycles. The predicted molar refractivity (Wildman–Crippen MR) is 115 cm³/mol. The number of carbonyl (C=O) groups is 1. The molecule has 1 heterocycles. The molecule has 3 aromatic rings. The number of hydrazone groups is 1. The van der Waals surface area contributed by atoms with Crippen molar-refractivity contribution < 1.29 is 13.9 Å². The van der Waals surface area contributed by atoms with Gasteiger partial charge in [0.25, 0.3) is 5.91 Å². The second kappa shape index (κ2) is 9.47. The van der Waals surface area contributed by atoms with E-state index in [-0.39, 0.29) is 6.61 Å². The van der Waals surface area contributed by atoms with Gasteiger partial charge in [-0.05, 0) is 64.5 Å². The molecule has 2 aromatic carbocycles. The summed E-state index contributed by atoms with van der Waals surface area (Å²) < 4.78 is 11.7. The van der Waals surface area contributed by atoms with Crippen molar-refractivity contribution in [1.82, 2.24) is 5.43 Å². The number of halogens is 4. The molecule has 1 aromatic heterocycles. The van der Waals surface area contributed by atoms with Crippen LogP contribution in [0.15, 0.2) is 62.5 Å². The second-order valence-electron chi connectivity index (χ2n) is 5.48. The minimum absolute atomic E-state index is 0.207. The van der Waals surface area contributed by atoms with Crippen molar-refractivity contribution in [3.05, 3.63) is 73.8 Å². The molecule has 0 atom stereocenters. The quantitative estimate of drug-likeness (QED) is 0.323. The number of carbonyl (C=O) groups excluding carboxylic acids is 1. The molecule has 0 aliphatic rings. The van der Waals surface area contributed by atoms with E-state index in [9.17, 15) is 4.79 Å². The van der Waals surface area contributed by atoms with Gasteiger partial charge in [0, 0.05) is 15.6 Å². The average Bonchev–Trinajstić information content (AvgIpc) is 3.09. The standard InChI is InChI=1S/C19H12BrCl3N2O3/c20-15-7-11(21)2-5-18(15)27-10-19(26)25-24-9-13-3-6-17(28-13)14-4-1-12(22)8-16(14)23/h1-9H,10H2,(H,25,26)/b24-9+. The molecule has 9 heteroatoms. The van der Waals surface area contributed by atoms with Crippen LogP contribution < -0.4 is 10.2 Å². The van der Waals surface area contributed by atoms with Crippen LogP contribution in [0.5, 0.6) is 5.75 Å². The number of furan rings is 1.